The lowest BCUT2D eigenvalue weighted by molar-refractivity contribution is -0.141. The second-order valence-electron chi connectivity index (χ2n) is 4.25. The number of urea groups is 1. The van der Waals surface area contributed by atoms with Crippen LogP contribution in [-0.4, -0.2) is 23.0 Å². The Morgan fingerprint density at radius 3 is 2.61 bits per heavy atom. The molecule has 1 heterocycles. The number of hydrogen-bond donors (Lipinski definition) is 3. The maximum absolute atomic E-state index is 11.9. The zero-order valence-electron chi connectivity index (χ0n) is 9.69. The number of benzene rings is 1. The fourth-order valence-corrected chi connectivity index (χ4v) is 2.06. The molecule has 6 nitrogen and oxygen atoms in total. The summed E-state index contributed by atoms with van der Waals surface area (Å²) in [6.07, 6.45) is -0.492. The van der Waals surface area contributed by atoms with Gasteiger partial charge in [-0.25, -0.2) is 4.79 Å². The maximum Gasteiger partial charge on any atom is 0.322 e. The lowest BCUT2D eigenvalue weighted by atomic mass is 9.86. The monoisotopic (exact) mass is 248 g/mol. The lowest BCUT2D eigenvalue weighted by Gasteiger charge is -2.24. The predicted molar refractivity (Wildman–Crippen MR) is 61.8 cm³/mol. The Balaban J connectivity index is 2.52. The van der Waals surface area contributed by atoms with Crippen LogP contribution in [0.1, 0.15) is 17.5 Å². The molecule has 1 atom stereocenters. The van der Waals surface area contributed by atoms with Crippen LogP contribution in [0.3, 0.4) is 0 Å². The van der Waals surface area contributed by atoms with Crippen molar-refractivity contribution in [1.29, 1.82) is 0 Å². The van der Waals surface area contributed by atoms with Gasteiger partial charge in [0, 0.05) is 0 Å². The van der Waals surface area contributed by atoms with Crippen molar-refractivity contribution in [3.8, 4) is 0 Å². The van der Waals surface area contributed by atoms with Crippen LogP contribution in [0.5, 0.6) is 0 Å². The Morgan fingerprint density at radius 2 is 2.11 bits per heavy atom. The average Bonchev–Trinajstić information content (AvgIpc) is 2.53. The molecule has 2 rings (SSSR count). The van der Waals surface area contributed by atoms with Gasteiger partial charge in [0.2, 0.25) is 0 Å². The Kier molecular flexibility index (Phi) is 2.78. The highest BCUT2D eigenvalue weighted by Gasteiger charge is 2.49. The summed E-state index contributed by atoms with van der Waals surface area (Å²) in [5, 5.41) is 13.4. The number of rotatable bonds is 3. The standard InChI is InChI=1S/C12H12N2O4/c1-7-3-2-4-8(5-7)12(6-9(15)16)10(17)13-11(18)14-12/h2-5H,6H2,1H3,(H,15,16)(H2,13,14,17,18). The van der Waals surface area contributed by atoms with E-state index in [1.165, 1.54) is 0 Å². The molecule has 1 aliphatic heterocycles. The molecule has 18 heavy (non-hydrogen) atoms. The van der Waals surface area contributed by atoms with Crippen LogP contribution >= 0.6 is 0 Å². The first-order chi connectivity index (χ1) is 8.44. The SMILES string of the molecule is Cc1cccc(C2(CC(=O)O)NC(=O)NC2=O)c1. The number of carbonyl (C=O) groups excluding carboxylic acids is 2. The molecule has 1 fully saturated rings. The summed E-state index contributed by atoms with van der Waals surface area (Å²) in [6.45, 7) is 1.83. The molecular weight excluding hydrogens is 236 g/mol. The highest BCUT2D eigenvalue weighted by molar-refractivity contribution is 6.08. The van der Waals surface area contributed by atoms with Gasteiger partial charge in [-0.2, -0.15) is 0 Å². The van der Waals surface area contributed by atoms with Gasteiger partial charge in [-0.15, -0.1) is 0 Å². The van der Waals surface area contributed by atoms with E-state index in [-0.39, 0.29) is 0 Å². The number of carbonyl (C=O) groups is 3. The minimum Gasteiger partial charge on any atom is -0.481 e. The summed E-state index contributed by atoms with van der Waals surface area (Å²) < 4.78 is 0. The summed E-state index contributed by atoms with van der Waals surface area (Å²) in [5.41, 5.74) is -0.172. The van der Waals surface area contributed by atoms with Crippen LogP contribution in [0, 0.1) is 6.92 Å². The lowest BCUT2D eigenvalue weighted by Crippen LogP contribution is -2.45. The van der Waals surface area contributed by atoms with E-state index in [1.807, 2.05) is 13.0 Å². The van der Waals surface area contributed by atoms with Gasteiger partial charge in [0.1, 0.15) is 0 Å². The predicted octanol–water partition coefficient (Wildman–Crippen LogP) is 0.504. The van der Waals surface area contributed by atoms with Gasteiger partial charge in [0.15, 0.2) is 5.54 Å². The molecule has 1 aliphatic rings. The van der Waals surface area contributed by atoms with Crippen molar-refractivity contribution < 1.29 is 19.5 Å². The van der Waals surface area contributed by atoms with Crippen LogP contribution in [-0.2, 0) is 15.1 Å². The molecule has 0 aliphatic carbocycles. The van der Waals surface area contributed by atoms with Gasteiger partial charge in [0.25, 0.3) is 5.91 Å². The molecule has 0 bridgehead atoms. The molecule has 1 saturated heterocycles. The Morgan fingerprint density at radius 1 is 1.39 bits per heavy atom. The van der Waals surface area contributed by atoms with Crippen LogP contribution in [0.25, 0.3) is 0 Å². The molecular formula is C12H12N2O4. The number of imide groups is 1. The van der Waals surface area contributed by atoms with Crippen LogP contribution < -0.4 is 10.6 Å². The Hall–Kier alpha value is -2.37. The van der Waals surface area contributed by atoms with E-state index in [0.717, 1.165) is 5.56 Å². The highest BCUT2D eigenvalue weighted by Crippen LogP contribution is 2.29. The molecule has 0 radical (unpaired) electrons. The quantitative estimate of drug-likeness (QED) is 0.679. The molecule has 0 spiro atoms. The molecule has 3 amide bonds. The minimum absolute atomic E-state index is 0.466. The third-order valence-corrected chi connectivity index (χ3v) is 2.87. The van der Waals surface area contributed by atoms with Crippen molar-refractivity contribution in [2.24, 2.45) is 0 Å². The fraction of sp³-hybridized carbons (Fsp3) is 0.250. The summed E-state index contributed by atoms with van der Waals surface area (Å²) >= 11 is 0. The molecule has 1 aromatic carbocycles. The normalized spacial score (nSPS) is 22.5. The number of hydrogen-bond acceptors (Lipinski definition) is 3. The van der Waals surface area contributed by atoms with Gasteiger partial charge >= 0.3 is 12.0 Å². The number of carboxylic acid groups (broad SMARTS) is 1. The van der Waals surface area contributed by atoms with E-state index >= 15 is 0 Å². The maximum atomic E-state index is 11.9. The summed E-state index contributed by atoms with van der Waals surface area (Å²) in [5.74, 6) is -1.80. The third kappa shape index (κ3) is 1.92. The second-order valence-corrected chi connectivity index (χ2v) is 4.25. The third-order valence-electron chi connectivity index (χ3n) is 2.87. The Labute approximate surface area is 103 Å². The van der Waals surface area contributed by atoms with Crippen LogP contribution in [0.15, 0.2) is 24.3 Å². The van der Waals surface area contributed by atoms with Crippen LogP contribution in [0.4, 0.5) is 4.79 Å². The topological polar surface area (TPSA) is 95.5 Å². The largest absolute Gasteiger partial charge is 0.481 e. The fourth-order valence-electron chi connectivity index (χ4n) is 2.06. The minimum atomic E-state index is -1.52. The van der Waals surface area contributed by atoms with Crippen molar-refractivity contribution >= 4 is 17.9 Å². The molecule has 6 heteroatoms. The smallest absolute Gasteiger partial charge is 0.322 e. The average molecular weight is 248 g/mol. The molecule has 0 saturated carbocycles. The summed E-state index contributed by atoms with van der Waals surface area (Å²) in [6, 6.07) is 6.18. The number of aryl methyl sites for hydroxylation is 1. The Bertz CT molecular complexity index is 541. The van der Waals surface area contributed by atoms with E-state index in [9.17, 15) is 14.4 Å². The van der Waals surface area contributed by atoms with Crippen molar-refractivity contribution in [1.82, 2.24) is 10.6 Å². The molecule has 94 valence electrons. The van der Waals surface area contributed by atoms with E-state index in [1.54, 1.807) is 18.2 Å². The summed E-state index contributed by atoms with van der Waals surface area (Å²) in [4.78, 5) is 34.1. The molecule has 3 N–H and O–H groups in total. The molecule has 1 unspecified atom stereocenters. The number of amides is 3. The van der Waals surface area contributed by atoms with E-state index in [4.69, 9.17) is 5.11 Å². The first kappa shape index (κ1) is 12.1. The highest BCUT2D eigenvalue weighted by atomic mass is 16.4. The number of nitrogens with one attached hydrogen (secondary N) is 2. The first-order valence-electron chi connectivity index (χ1n) is 5.36. The van der Waals surface area contributed by atoms with Gasteiger partial charge in [-0.1, -0.05) is 29.8 Å². The van der Waals surface area contributed by atoms with Gasteiger partial charge in [-0.05, 0) is 12.5 Å². The van der Waals surface area contributed by atoms with Crippen molar-refractivity contribution in [2.45, 2.75) is 18.9 Å². The number of carboxylic acids is 1. The molecule has 0 aromatic heterocycles. The first-order valence-corrected chi connectivity index (χ1v) is 5.36. The number of aliphatic carboxylic acids is 1. The van der Waals surface area contributed by atoms with Crippen molar-refractivity contribution in [3.63, 3.8) is 0 Å². The van der Waals surface area contributed by atoms with E-state index in [0.29, 0.717) is 5.56 Å². The van der Waals surface area contributed by atoms with Gasteiger partial charge in [-0.3, -0.25) is 14.9 Å². The zero-order valence-corrected chi connectivity index (χ0v) is 9.69. The van der Waals surface area contributed by atoms with Crippen LogP contribution in [0.2, 0.25) is 0 Å². The molecule has 1 aromatic rings. The van der Waals surface area contributed by atoms with Crippen molar-refractivity contribution in [2.75, 3.05) is 0 Å². The van der Waals surface area contributed by atoms with Gasteiger partial charge < -0.3 is 10.4 Å². The second kappa shape index (κ2) is 4.14. The zero-order chi connectivity index (χ0) is 13.3. The summed E-state index contributed by atoms with van der Waals surface area (Å²) in [7, 11) is 0. The van der Waals surface area contributed by atoms with Gasteiger partial charge in [0.05, 0.1) is 6.42 Å². The van der Waals surface area contributed by atoms with E-state index in [2.05, 4.69) is 10.6 Å². The van der Waals surface area contributed by atoms with Crippen molar-refractivity contribution in [3.05, 3.63) is 35.4 Å². The van der Waals surface area contributed by atoms with E-state index < -0.39 is 29.9 Å².